The van der Waals surface area contributed by atoms with Crippen molar-refractivity contribution in [2.24, 2.45) is 0 Å². The highest BCUT2D eigenvalue weighted by Gasteiger charge is 2.44. The summed E-state index contributed by atoms with van der Waals surface area (Å²) in [5, 5.41) is 7.55. The van der Waals surface area contributed by atoms with Gasteiger partial charge in [-0.05, 0) is 71.1 Å². The summed E-state index contributed by atoms with van der Waals surface area (Å²) in [5.41, 5.74) is 18.4. The summed E-state index contributed by atoms with van der Waals surface area (Å²) in [4.78, 5) is 2.63. The Hall–Kier alpha value is -7.76. The van der Waals surface area contributed by atoms with Crippen molar-refractivity contribution in [1.29, 1.82) is 0 Å². The highest BCUT2D eigenvalue weighted by molar-refractivity contribution is 6.90. The van der Waals surface area contributed by atoms with Gasteiger partial charge in [-0.25, -0.2) is 0 Å². The molecule has 9 aromatic carbocycles. The molecule has 4 nitrogen and oxygen atoms in total. The molecule has 0 saturated carbocycles. The molecule has 0 bridgehead atoms. The van der Waals surface area contributed by atoms with Crippen molar-refractivity contribution >= 4 is 100 Å². The van der Waals surface area contributed by atoms with Gasteiger partial charge in [0.05, 0.1) is 33.4 Å². The summed E-state index contributed by atoms with van der Waals surface area (Å²) >= 11 is 0. The lowest BCUT2D eigenvalue weighted by molar-refractivity contribution is 1.15. The van der Waals surface area contributed by atoms with Gasteiger partial charge in [0.1, 0.15) is 0 Å². The first kappa shape index (κ1) is 31.3. The van der Waals surface area contributed by atoms with Crippen molar-refractivity contribution < 1.29 is 0 Å². The fourth-order valence-corrected chi connectivity index (χ4v) is 11.0. The molecule has 59 heavy (non-hydrogen) atoms. The second kappa shape index (κ2) is 11.4. The minimum absolute atomic E-state index is 0.0597. The third-order valence-electron chi connectivity index (χ3n) is 13.2. The molecule has 0 radical (unpaired) electrons. The zero-order valence-electron chi connectivity index (χ0n) is 31.9. The van der Waals surface area contributed by atoms with Crippen LogP contribution in [0.2, 0.25) is 0 Å². The van der Waals surface area contributed by atoms with Crippen LogP contribution in [0, 0.1) is 0 Å². The van der Waals surface area contributed by atoms with Crippen LogP contribution in [0.1, 0.15) is 0 Å². The van der Waals surface area contributed by atoms with Crippen LogP contribution < -0.4 is 15.8 Å². The van der Waals surface area contributed by atoms with Gasteiger partial charge in [-0.1, -0.05) is 146 Å². The highest BCUT2D eigenvalue weighted by atomic mass is 15.2. The van der Waals surface area contributed by atoms with E-state index in [0.29, 0.717) is 0 Å². The van der Waals surface area contributed by atoms with E-state index in [4.69, 9.17) is 0 Å². The fraction of sp³-hybridized carbons (Fsp3) is 0. The Bertz CT molecular complexity index is 3740. The summed E-state index contributed by atoms with van der Waals surface area (Å²) in [6, 6.07) is 74.2. The van der Waals surface area contributed by atoms with Gasteiger partial charge < -0.3 is 18.5 Å². The molecular formula is C54H33BN4. The van der Waals surface area contributed by atoms with Gasteiger partial charge in [0.2, 0.25) is 0 Å². The number of nitrogens with zero attached hydrogens (tertiary/aromatic N) is 4. The fourth-order valence-electron chi connectivity index (χ4n) is 11.0. The van der Waals surface area contributed by atoms with Gasteiger partial charge in [0, 0.05) is 66.0 Å². The predicted octanol–water partition coefficient (Wildman–Crippen LogP) is 12.4. The maximum absolute atomic E-state index is 2.66. The summed E-state index contributed by atoms with van der Waals surface area (Å²) in [5.74, 6) is 0. The van der Waals surface area contributed by atoms with Gasteiger partial charge in [0.15, 0.2) is 0 Å². The van der Waals surface area contributed by atoms with Crippen LogP contribution in [0.3, 0.4) is 0 Å². The van der Waals surface area contributed by atoms with Crippen LogP contribution in [-0.4, -0.2) is 20.5 Å². The Morgan fingerprint density at radius 3 is 1.51 bits per heavy atom. The van der Waals surface area contributed by atoms with Gasteiger partial charge in [-0.2, -0.15) is 0 Å². The second-order valence-corrected chi connectivity index (χ2v) is 16.0. The molecule has 2 aliphatic heterocycles. The number of para-hydroxylation sites is 7. The van der Waals surface area contributed by atoms with Crippen molar-refractivity contribution in [2.75, 3.05) is 4.90 Å². The molecule has 272 valence electrons. The SMILES string of the molecule is c1ccc(-n2c3ccccc3c3cccc(N4c5cccc6c5B(c5ccc7c8ccccc8n(-c8ccccc8)c7c54)n4c5ccccc5c5cccc-6c54)c32)cc1. The zero-order valence-corrected chi connectivity index (χ0v) is 31.9. The third-order valence-corrected chi connectivity index (χ3v) is 13.2. The van der Waals surface area contributed by atoms with Crippen LogP contribution in [0.5, 0.6) is 0 Å². The number of aromatic nitrogens is 3. The first-order chi connectivity index (χ1) is 29.3. The van der Waals surface area contributed by atoms with Crippen LogP contribution in [0.15, 0.2) is 200 Å². The number of anilines is 3. The molecule has 5 heterocycles. The molecule has 0 N–H and O–H groups in total. The largest absolute Gasteiger partial charge is 0.375 e. The van der Waals surface area contributed by atoms with Crippen molar-refractivity contribution in [1.82, 2.24) is 13.6 Å². The molecule has 0 atom stereocenters. The summed E-state index contributed by atoms with van der Waals surface area (Å²) in [6.45, 7) is -0.0597. The normalized spacial score (nSPS) is 13.0. The molecule has 5 heteroatoms. The molecule has 0 aliphatic carbocycles. The predicted molar refractivity (Wildman–Crippen MR) is 249 cm³/mol. The summed E-state index contributed by atoms with van der Waals surface area (Å²) < 4.78 is 7.65. The zero-order chi connectivity index (χ0) is 38.3. The second-order valence-electron chi connectivity index (χ2n) is 16.0. The first-order valence-corrected chi connectivity index (χ1v) is 20.5. The number of hydrogen-bond acceptors (Lipinski definition) is 1. The van der Waals surface area contributed by atoms with Crippen molar-refractivity contribution in [2.45, 2.75) is 0 Å². The van der Waals surface area contributed by atoms with E-state index in [9.17, 15) is 0 Å². The highest BCUT2D eigenvalue weighted by Crippen LogP contribution is 2.50. The van der Waals surface area contributed by atoms with Crippen LogP contribution in [0.25, 0.3) is 87.9 Å². The molecule has 12 aromatic rings. The quantitative estimate of drug-likeness (QED) is 0.165. The molecule has 0 amide bonds. The molecule has 0 saturated heterocycles. The van der Waals surface area contributed by atoms with Crippen molar-refractivity contribution in [3.63, 3.8) is 0 Å². The molecule has 14 rings (SSSR count). The standard InChI is InChI=1S/C54H33BN4/c1-3-16-34(17-4-1)56-45-27-10-7-20-36(45)41-26-15-31-49(52(41)56)58-48-30-14-23-39-42-25-13-24-40-38-22-9-12-29-47(38)59(51(40)42)55(50(39)48)44-33-32-43-37-21-8-11-28-46(37)57(53(43)54(44)58)35-18-5-2-6-19-35/h1-33H. The minimum Gasteiger partial charge on any atom is -0.375 e. The van der Waals surface area contributed by atoms with E-state index < -0.39 is 0 Å². The summed E-state index contributed by atoms with van der Waals surface area (Å²) in [6.07, 6.45) is 0. The lowest BCUT2D eigenvalue weighted by Gasteiger charge is -2.41. The Labute approximate surface area is 340 Å². The maximum atomic E-state index is 2.66. The molecular weight excluding hydrogens is 715 g/mol. The van der Waals surface area contributed by atoms with E-state index >= 15 is 0 Å². The van der Waals surface area contributed by atoms with Crippen molar-refractivity contribution in [3.05, 3.63) is 200 Å². The molecule has 3 aromatic heterocycles. The first-order valence-electron chi connectivity index (χ1n) is 20.5. The van der Waals surface area contributed by atoms with Gasteiger partial charge in [-0.3, -0.25) is 0 Å². The van der Waals surface area contributed by atoms with Crippen LogP contribution >= 0.6 is 0 Å². The van der Waals surface area contributed by atoms with E-state index in [1.807, 2.05) is 0 Å². The molecule has 0 spiro atoms. The van der Waals surface area contributed by atoms with Gasteiger partial charge in [0.25, 0.3) is 0 Å². The average Bonchev–Trinajstić information content (AvgIpc) is 3.95. The molecule has 0 fully saturated rings. The molecule has 2 aliphatic rings. The Kier molecular flexibility index (Phi) is 6.07. The van der Waals surface area contributed by atoms with E-state index in [1.54, 1.807) is 0 Å². The topological polar surface area (TPSA) is 18.0 Å². The third kappa shape index (κ3) is 3.94. The Morgan fingerprint density at radius 1 is 0.322 bits per heavy atom. The molecule has 0 unspecified atom stereocenters. The summed E-state index contributed by atoms with van der Waals surface area (Å²) in [7, 11) is 0. The van der Waals surface area contributed by atoms with Crippen LogP contribution in [-0.2, 0) is 0 Å². The smallest absolute Gasteiger partial charge is 0.333 e. The van der Waals surface area contributed by atoms with Gasteiger partial charge >= 0.3 is 6.85 Å². The van der Waals surface area contributed by atoms with E-state index in [1.165, 1.54) is 98.8 Å². The maximum Gasteiger partial charge on any atom is 0.333 e. The number of hydrogen-bond donors (Lipinski definition) is 0. The van der Waals surface area contributed by atoms with Crippen molar-refractivity contribution in [3.8, 4) is 22.5 Å². The van der Waals surface area contributed by atoms with E-state index in [0.717, 1.165) is 17.1 Å². The Balaban J connectivity index is 1.22. The van der Waals surface area contributed by atoms with E-state index in [-0.39, 0.29) is 6.85 Å². The van der Waals surface area contributed by atoms with Gasteiger partial charge in [-0.15, -0.1) is 0 Å². The number of benzene rings is 9. The number of rotatable bonds is 3. The Morgan fingerprint density at radius 2 is 0.814 bits per heavy atom. The minimum atomic E-state index is -0.0597. The monoisotopic (exact) mass is 748 g/mol. The lowest BCUT2D eigenvalue weighted by Crippen LogP contribution is -2.56. The van der Waals surface area contributed by atoms with Crippen LogP contribution in [0.4, 0.5) is 17.1 Å². The van der Waals surface area contributed by atoms with E-state index in [2.05, 4.69) is 219 Å². The average molecular weight is 749 g/mol. The number of fused-ring (bicyclic) bond motifs is 14. The lowest BCUT2D eigenvalue weighted by atomic mass is 9.45.